The fourth-order valence-electron chi connectivity index (χ4n) is 1.97. The summed E-state index contributed by atoms with van der Waals surface area (Å²) < 4.78 is 46.5. The summed E-state index contributed by atoms with van der Waals surface area (Å²) in [5.74, 6) is 0.0300. The largest absolute Gasteiger partial charge is 0.310 e. The molecular weight excluding hydrogens is 332 g/mol. The fraction of sp³-hybridized carbons (Fsp3) is 0.556. The van der Waals surface area contributed by atoms with Gasteiger partial charge in [0.1, 0.15) is 8.42 Å². The summed E-state index contributed by atoms with van der Waals surface area (Å²) in [5.41, 5.74) is 0.525. The number of halogens is 1. The van der Waals surface area contributed by atoms with Crippen LogP contribution in [0.5, 0.6) is 0 Å². The van der Waals surface area contributed by atoms with Gasteiger partial charge in [-0.2, -0.15) is 0 Å². The van der Waals surface area contributed by atoms with Crippen molar-refractivity contribution in [3.05, 3.63) is 11.6 Å². The highest BCUT2D eigenvalue weighted by molar-refractivity contribution is 7.95. The molecule has 0 spiro atoms. The standard InChI is InChI=1S/C9H14N2O4S3.ClH/c1-2-11-7-3-4-17(12,13)9-6(7)5-8(16-9)18(10,14)15;/h5,7,11H,2-4H2,1H3,(H2,10,14,15);1H/t7-;/m1./s1. The van der Waals surface area contributed by atoms with Crippen LogP contribution in [0.25, 0.3) is 0 Å². The van der Waals surface area contributed by atoms with E-state index in [1.807, 2.05) is 6.92 Å². The molecule has 1 aromatic rings. The van der Waals surface area contributed by atoms with E-state index in [0.717, 1.165) is 11.3 Å². The van der Waals surface area contributed by atoms with Crippen molar-refractivity contribution in [2.24, 2.45) is 5.14 Å². The molecule has 1 atom stereocenters. The van der Waals surface area contributed by atoms with Crippen molar-refractivity contribution in [1.82, 2.24) is 5.32 Å². The van der Waals surface area contributed by atoms with Crippen LogP contribution in [0.1, 0.15) is 24.9 Å². The van der Waals surface area contributed by atoms with Crippen molar-refractivity contribution >= 4 is 43.6 Å². The lowest BCUT2D eigenvalue weighted by molar-refractivity contribution is 0.509. The Kier molecular flexibility index (Phi) is 5.03. The Labute approximate surface area is 122 Å². The Bertz CT molecular complexity index is 666. The minimum absolute atomic E-state index is 0. The minimum atomic E-state index is -3.86. The smallest absolute Gasteiger partial charge is 0.247 e. The molecule has 1 aliphatic rings. The highest BCUT2D eigenvalue weighted by atomic mass is 35.5. The van der Waals surface area contributed by atoms with Crippen molar-refractivity contribution in [2.75, 3.05) is 12.3 Å². The molecule has 2 rings (SSSR count). The van der Waals surface area contributed by atoms with E-state index in [9.17, 15) is 16.8 Å². The van der Waals surface area contributed by atoms with Gasteiger partial charge in [0.25, 0.3) is 0 Å². The van der Waals surface area contributed by atoms with E-state index in [1.165, 1.54) is 6.07 Å². The first kappa shape index (κ1) is 16.9. The van der Waals surface area contributed by atoms with Gasteiger partial charge < -0.3 is 5.32 Å². The maximum absolute atomic E-state index is 11.9. The first-order valence-electron chi connectivity index (χ1n) is 5.38. The van der Waals surface area contributed by atoms with Gasteiger partial charge in [0.05, 0.1) is 5.75 Å². The van der Waals surface area contributed by atoms with Crippen LogP contribution < -0.4 is 10.5 Å². The van der Waals surface area contributed by atoms with E-state index in [1.54, 1.807) is 0 Å². The molecule has 0 fully saturated rings. The molecule has 1 aromatic heterocycles. The number of sulfone groups is 1. The predicted octanol–water partition coefficient (Wildman–Crippen LogP) is 0.645. The molecule has 110 valence electrons. The molecule has 1 aliphatic heterocycles. The molecule has 0 bridgehead atoms. The molecule has 3 N–H and O–H groups in total. The summed E-state index contributed by atoms with van der Waals surface area (Å²) in [7, 11) is -7.23. The van der Waals surface area contributed by atoms with Crippen molar-refractivity contribution in [3.8, 4) is 0 Å². The fourth-order valence-corrected chi connectivity index (χ4v) is 6.14. The molecule has 0 amide bonds. The number of hydrogen-bond acceptors (Lipinski definition) is 6. The molecule has 0 saturated carbocycles. The van der Waals surface area contributed by atoms with E-state index < -0.39 is 19.9 Å². The Morgan fingerprint density at radius 3 is 2.68 bits per heavy atom. The highest BCUT2D eigenvalue weighted by Crippen LogP contribution is 2.39. The topological polar surface area (TPSA) is 106 Å². The van der Waals surface area contributed by atoms with E-state index in [2.05, 4.69) is 5.32 Å². The van der Waals surface area contributed by atoms with Crippen LogP contribution in [0.4, 0.5) is 0 Å². The van der Waals surface area contributed by atoms with E-state index in [4.69, 9.17) is 5.14 Å². The summed E-state index contributed by atoms with van der Waals surface area (Å²) in [4.78, 5) is 0. The number of thiophene rings is 1. The molecule has 6 nitrogen and oxygen atoms in total. The number of sulfonamides is 1. The molecule has 19 heavy (non-hydrogen) atoms. The van der Waals surface area contributed by atoms with Gasteiger partial charge in [-0.3, -0.25) is 0 Å². The van der Waals surface area contributed by atoms with Crippen molar-refractivity contribution < 1.29 is 16.8 Å². The van der Waals surface area contributed by atoms with Crippen LogP contribution in [0.3, 0.4) is 0 Å². The van der Waals surface area contributed by atoms with Crippen LogP contribution in [-0.4, -0.2) is 29.1 Å². The maximum atomic E-state index is 11.9. The number of nitrogens with two attached hydrogens (primary N) is 1. The molecule has 0 unspecified atom stereocenters. The third kappa shape index (κ3) is 3.29. The van der Waals surface area contributed by atoms with Crippen LogP contribution in [-0.2, 0) is 19.9 Å². The Hall–Kier alpha value is -0.190. The van der Waals surface area contributed by atoms with Gasteiger partial charge in [-0.15, -0.1) is 23.7 Å². The molecule has 2 heterocycles. The number of primary sulfonamides is 1. The first-order chi connectivity index (χ1) is 8.25. The monoisotopic (exact) mass is 346 g/mol. The molecule has 0 radical (unpaired) electrons. The van der Waals surface area contributed by atoms with Crippen LogP contribution >= 0.6 is 23.7 Å². The molecule has 0 aliphatic carbocycles. The van der Waals surface area contributed by atoms with Gasteiger partial charge in [0.15, 0.2) is 9.84 Å². The van der Waals surface area contributed by atoms with Crippen molar-refractivity contribution in [1.29, 1.82) is 0 Å². The van der Waals surface area contributed by atoms with Crippen molar-refractivity contribution in [2.45, 2.75) is 27.8 Å². The maximum Gasteiger partial charge on any atom is 0.247 e. The third-order valence-electron chi connectivity index (χ3n) is 2.77. The van der Waals surface area contributed by atoms with Crippen LogP contribution in [0.15, 0.2) is 14.5 Å². The third-order valence-corrected chi connectivity index (χ3v) is 7.72. The van der Waals surface area contributed by atoms with E-state index >= 15 is 0 Å². The molecule has 0 saturated heterocycles. The van der Waals surface area contributed by atoms with Crippen LogP contribution in [0, 0.1) is 0 Å². The summed E-state index contributed by atoms with van der Waals surface area (Å²) in [6, 6.07) is 1.25. The normalized spacial score (nSPS) is 21.5. The zero-order valence-electron chi connectivity index (χ0n) is 10.1. The van der Waals surface area contributed by atoms with Gasteiger partial charge >= 0.3 is 0 Å². The van der Waals surface area contributed by atoms with Gasteiger partial charge in [0.2, 0.25) is 10.0 Å². The quantitative estimate of drug-likeness (QED) is 0.835. The number of nitrogens with one attached hydrogen (secondary N) is 1. The Morgan fingerprint density at radius 1 is 1.53 bits per heavy atom. The lowest BCUT2D eigenvalue weighted by atomic mass is 10.1. The molecular formula is C9H15ClN2O4S3. The summed E-state index contributed by atoms with van der Waals surface area (Å²) in [6.07, 6.45) is 0.448. The van der Waals surface area contributed by atoms with Crippen LogP contribution in [0.2, 0.25) is 0 Å². The Morgan fingerprint density at radius 2 is 2.16 bits per heavy atom. The predicted molar refractivity (Wildman–Crippen MR) is 76.0 cm³/mol. The second-order valence-corrected chi connectivity index (χ2v) is 9.22. The van der Waals surface area contributed by atoms with Gasteiger partial charge in [0, 0.05) is 11.6 Å². The Balaban J connectivity index is 0.00000180. The second kappa shape index (κ2) is 5.66. The number of hydrogen-bond donors (Lipinski definition) is 2. The zero-order valence-corrected chi connectivity index (χ0v) is 13.4. The van der Waals surface area contributed by atoms with E-state index in [0.29, 0.717) is 18.5 Å². The first-order valence-corrected chi connectivity index (χ1v) is 9.40. The van der Waals surface area contributed by atoms with Gasteiger partial charge in [-0.05, 0) is 19.0 Å². The minimum Gasteiger partial charge on any atom is -0.310 e. The molecule has 0 aromatic carbocycles. The average Bonchev–Trinajstić information content (AvgIpc) is 2.68. The average molecular weight is 347 g/mol. The lowest BCUT2D eigenvalue weighted by Crippen LogP contribution is -2.28. The number of rotatable bonds is 3. The van der Waals surface area contributed by atoms with Crippen molar-refractivity contribution in [3.63, 3.8) is 0 Å². The highest BCUT2D eigenvalue weighted by Gasteiger charge is 2.34. The second-order valence-electron chi connectivity index (χ2n) is 4.07. The number of fused-ring (bicyclic) bond motifs is 1. The van der Waals surface area contributed by atoms with E-state index in [-0.39, 0.29) is 32.6 Å². The zero-order chi connectivity index (χ0) is 13.6. The molecule has 10 heteroatoms. The summed E-state index contributed by atoms with van der Waals surface area (Å²) >= 11 is 0.738. The lowest BCUT2D eigenvalue weighted by Gasteiger charge is -2.22. The SMILES string of the molecule is CCN[C@@H]1CCS(=O)(=O)c2sc(S(N)(=O)=O)cc21.Cl. The summed E-state index contributed by atoms with van der Waals surface area (Å²) in [5, 5.41) is 8.19. The van der Waals surface area contributed by atoms with Gasteiger partial charge in [-0.25, -0.2) is 22.0 Å². The summed E-state index contributed by atoms with van der Waals surface area (Å²) in [6.45, 7) is 2.60. The van der Waals surface area contributed by atoms with Gasteiger partial charge in [-0.1, -0.05) is 6.92 Å².